The van der Waals surface area contributed by atoms with Crippen LogP contribution in [0.3, 0.4) is 0 Å². The van der Waals surface area contributed by atoms with Gasteiger partial charge in [-0.25, -0.2) is 0 Å². The highest BCUT2D eigenvalue weighted by Crippen LogP contribution is 2.51. The van der Waals surface area contributed by atoms with Crippen LogP contribution in [0.2, 0.25) is 0 Å². The quantitative estimate of drug-likeness (QED) is 0.793. The Bertz CT molecular complexity index is 556. The molecule has 0 heterocycles. The molecule has 4 nitrogen and oxygen atoms in total. The van der Waals surface area contributed by atoms with Gasteiger partial charge in [0, 0.05) is 11.4 Å². The Morgan fingerprint density at radius 3 is 2.62 bits per heavy atom. The van der Waals surface area contributed by atoms with Gasteiger partial charge in [-0.15, -0.1) is 11.8 Å². The van der Waals surface area contributed by atoms with E-state index in [1.807, 2.05) is 6.07 Å². The van der Waals surface area contributed by atoms with Gasteiger partial charge >= 0.3 is 5.97 Å². The van der Waals surface area contributed by atoms with Gasteiger partial charge in [0.05, 0.1) is 5.56 Å². The number of amides is 1. The van der Waals surface area contributed by atoms with Crippen LogP contribution in [0.25, 0.3) is 0 Å². The van der Waals surface area contributed by atoms with Gasteiger partial charge in [0.2, 0.25) is 0 Å². The molecule has 1 aromatic carbocycles. The second kappa shape index (κ2) is 6.10. The van der Waals surface area contributed by atoms with Crippen LogP contribution in [-0.2, 0) is 4.79 Å². The molecule has 1 saturated carbocycles. The minimum atomic E-state index is -0.880. The maximum Gasteiger partial charge on any atom is 0.316 e. The number of rotatable bonds is 6. The molecule has 0 spiro atoms. The maximum absolute atomic E-state index is 12.3. The smallest absolute Gasteiger partial charge is 0.316 e. The second-order valence-electron chi connectivity index (χ2n) is 6.19. The zero-order valence-electron chi connectivity index (χ0n) is 12.6. The first-order valence-corrected chi connectivity index (χ1v) is 7.96. The summed E-state index contributed by atoms with van der Waals surface area (Å²) in [4.78, 5) is 24.0. The van der Waals surface area contributed by atoms with E-state index in [4.69, 9.17) is 5.11 Å². The normalized spacial score (nSPS) is 20.6. The number of hydrogen-bond acceptors (Lipinski definition) is 3. The van der Waals surface area contributed by atoms with Gasteiger partial charge in [0.1, 0.15) is 5.25 Å². The first-order valence-electron chi connectivity index (χ1n) is 7.08. The zero-order valence-corrected chi connectivity index (χ0v) is 13.4. The Hall–Kier alpha value is -1.49. The lowest BCUT2D eigenvalue weighted by molar-refractivity contribution is -0.136. The molecule has 1 aliphatic rings. The van der Waals surface area contributed by atoms with Crippen molar-refractivity contribution >= 4 is 23.6 Å². The molecule has 0 saturated heterocycles. The number of carboxylic acid groups (broad SMARTS) is 1. The Balaban J connectivity index is 2.01. The molecular weight excluding hydrogens is 286 g/mol. The van der Waals surface area contributed by atoms with Crippen LogP contribution < -0.4 is 5.32 Å². The van der Waals surface area contributed by atoms with Gasteiger partial charge in [-0.1, -0.05) is 26.0 Å². The second-order valence-corrected chi connectivity index (χ2v) is 7.58. The summed E-state index contributed by atoms with van der Waals surface area (Å²) in [5.41, 5.74) is 0.883. The van der Waals surface area contributed by atoms with E-state index in [1.165, 1.54) is 11.8 Å². The van der Waals surface area contributed by atoms with E-state index in [0.29, 0.717) is 28.3 Å². The van der Waals surface area contributed by atoms with Crippen molar-refractivity contribution in [2.75, 3.05) is 6.54 Å². The molecule has 2 N–H and O–H groups in total. The summed E-state index contributed by atoms with van der Waals surface area (Å²) < 4.78 is 0. The molecular formula is C16H21NO3S. The lowest BCUT2D eigenvalue weighted by atomic mass is 10.1. The summed E-state index contributed by atoms with van der Waals surface area (Å²) in [6, 6.07) is 7.15. The van der Waals surface area contributed by atoms with Crippen LogP contribution >= 0.6 is 11.8 Å². The number of thioether (sulfide) groups is 1. The molecule has 0 bridgehead atoms. The monoisotopic (exact) mass is 307 g/mol. The third-order valence-corrected chi connectivity index (χ3v) is 5.17. The van der Waals surface area contributed by atoms with Gasteiger partial charge in [-0.2, -0.15) is 0 Å². The van der Waals surface area contributed by atoms with Gasteiger partial charge in [0.25, 0.3) is 5.91 Å². The molecule has 21 heavy (non-hydrogen) atoms. The molecule has 1 amide bonds. The fourth-order valence-electron chi connectivity index (χ4n) is 2.23. The van der Waals surface area contributed by atoms with Crippen molar-refractivity contribution in [3.63, 3.8) is 0 Å². The van der Waals surface area contributed by atoms with Crippen LogP contribution in [-0.4, -0.2) is 28.8 Å². The number of carbonyl (C=O) groups is 2. The fourth-order valence-corrected chi connectivity index (χ4v) is 3.16. The minimum Gasteiger partial charge on any atom is -0.480 e. The van der Waals surface area contributed by atoms with Gasteiger partial charge in [0.15, 0.2) is 0 Å². The fraction of sp³-hybridized carbons (Fsp3) is 0.500. The highest BCUT2D eigenvalue weighted by Gasteiger charge is 2.45. The molecule has 0 aliphatic heterocycles. The summed E-state index contributed by atoms with van der Waals surface area (Å²) in [7, 11) is 0. The Labute approximate surface area is 129 Å². The molecule has 1 aliphatic carbocycles. The molecule has 114 valence electrons. The SMILES string of the molecule is CC(Sc1ccccc1C(=O)NCC1CC1(C)C)C(=O)O. The van der Waals surface area contributed by atoms with Crippen molar-refractivity contribution in [3.8, 4) is 0 Å². The Kier molecular flexibility index (Phi) is 4.61. The van der Waals surface area contributed by atoms with E-state index < -0.39 is 11.2 Å². The van der Waals surface area contributed by atoms with Gasteiger partial charge in [-0.05, 0) is 36.8 Å². The maximum atomic E-state index is 12.3. The summed E-state index contributed by atoms with van der Waals surface area (Å²) in [6.07, 6.45) is 1.14. The molecule has 2 unspecified atom stereocenters. The third-order valence-electron chi connectivity index (χ3n) is 4.01. The average Bonchev–Trinajstić information content (AvgIpc) is 3.04. The predicted molar refractivity (Wildman–Crippen MR) is 83.6 cm³/mol. The van der Waals surface area contributed by atoms with E-state index >= 15 is 0 Å². The summed E-state index contributed by atoms with van der Waals surface area (Å²) in [5.74, 6) is -0.465. The van der Waals surface area contributed by atoms with Crippen molar-refractivity contribution in [2.24, 2.45) is 11.3 Å². The molecule has 0 radical (unpaired) electrons. The minimum absolute atomic E-state index is 0.126. The Morgan fingerprint density at radius 1 is 1.43 bits per heavy atom. The van der Waals surface area contributed by atoms with Crippen molar-refractivity contribution < 1.29 is 14.7 Å². The van der Waals surface area contributed by atoms with Crippen molar-refractivity contribution in [3.05, 3.63) is 29.8 Å². The summed E-state index contributed by atoms with van der Waals surface area (Å²) >= 11 is 1.20. The first-order chi connectivity index (χ1) is 9.81. The van der Waals surface area contributed by atoms with Crippen LogP contribution in [0.1, 0.15) is 37.6 Å². The molecule has 2 rings (SSSR count). The zero-order chi connectivity index (χ0) is 15.6. The van der Waals surface area contributed by atoms with Crippen LogP contribution in [0, 0.1) is 11.3 Å². The predicted octanol–water partition coefficient (Wildman–Crippen LogP) is 3.03. The number of benzene rings is 1. The van der Waals surface area contributed by atoms with Gasteiger partial charge < -0.3 is 10.4 Å². The largest absolute Gasteiger partial charge is 0.480 e. The number of hydrogen-bond donors (Lipinski definition) is 2. The molecule has 5 heteroatoms. The molecule has 0 aromatic heterocycles. The standard InChI is InChI=1S/C16H21NO3S/c1-10(15(19)20)21-13-7-5-4-6-12(13)14(18)17-9-11-8-16(11,2)3/h4-7,10-11H,8-9H2,1-3H3,(H,17,18)(H,19,20). The van der Waals surface area contributed by atoms with E-state index in [2.05, 4.69) is 19.2 Å². The topological polar surface area (TPSA) is 66.4 Å². The van der Waals surface area contributed by atoms with E-state index in [9.17, 15) is 9.59 Å². The highest BCUT2D eigenvalue weighted by molar-refractivity contribution is 8.00. The summed E-state index contributed by atoms with van der Waals surface area (Å²) in [6.45, 7) is 6.69. The molecule has 2 atom stereocenters. The van der Waals surface area contributed by atoms with E-state index in [1.54, 1.807) is 25.1 Å². The lowest BCUT2D eigenvalue weighted by Crippen LogP contribution is -2.27. The van der Waals surface area contributed by atoms with E-state index in [0.717, 1.165) is 6.42 Å². The van der Waals surface area contributed by atoms with Crippen molar-refractivity contribution in [1.82, 2.24) is 5.32 Å². The third kappa shape index (κ3) is 4.00. The molecule has 1 aromatic rings. The first kappa shape index (κ1) is 15.9. The Morgan fingerprint density at radius 2 is 2.05 bits per heavy atom. The molecule has 1 fully saturated rings. The number of carbonyl (C=O) groups excluding carboxylic acids is 1. The summed E-state index contributed by atoms with van der Waals surface area (Å²) in [5, 5.41) is 11.4. The highest BCUT2D eigenvalue weighted by atomic mass is 32.2. The van der Waals surface area contributed by atoms with Crippen LogP contribution in [0.15, 0.2) is 29.2 Å². The van der Waals surface area contributed by atoms with Crippen molar-refractivity contribution in [2.45, 2.75) is 37.3 Å². The van der Waals surface area contributed by atoms with E-state index in [-0.39, 0.29) is 5.91 Å². The lowest BCUT2D eigenvalue weighted by Gasteiger charge is -2.12. The number of carboxylic acids is 1. The van der Waals surface area contributed by atoms with Crippen LogP contribution in [0.4, 0.5) is 0 Å². The average molecular weight is 307 g/mol. The number of nitrogens with one attached hydrogen (secondary N) is 1. The number of aliphatic carboxylic acids is 1. The van der Waals surface area contributed by atoms with Crippen LogP contribution in [0.5, 0.6) is 0 Å². The van der Waals surface area contributed by atoms with Gasteiger partial charge in [-0.3, -0.25) is 9.59 Å². The van der Waals surface area contributed by atoms with Crippen molar-refractivity contribution in [1.29, 1.82) is 0 Å².